The molecule has 0 bridgehead atoms. The molecule has 0 spiro atoms. The number of pyridine rings is 1. The molecule has 1 aromatic heterocycles. The zero-order valence-corrected chi connectivity index (χ0v) is 11.8. The SMILES string of the molecule is Cc1ccnc(NC2CCC(C)CC2C)c1C(=O)O. The highest BCUT2D eigenvalue weighted by atomic mass is 16.4. The number of anilines is 1. The molecule has 0 aromatic carbocycles. The van der Waals surface area contributed by atoms with Crippen LogP contribution in [0.25, 0.3) is 0 Å². The van der Waals surface area contributed by atoms with Crippen molar-refractivity contribution in [3.63, 3.8) is 0 Å². The lowest BCUT2D eigenvalue weighted by atomic mass is 9.80. The fraction of sp³-hybridized carbons (Fsp3) is 0.600. The number of aromatic carboxylic acids is 1. The summed E-state index contributed by atoms with van der Waals surface area (Å²) in [5, 5.41) is 12.7. The Morgan fingerprint density at radius 2 is 2.16 bits per heavy atom. The quantitative estimate of drug-likeness (QED) is 0.877. The number of rotatable bonds is 3. The van der Waals surface area contributed by atoms with Crippen LogP contribution < -0.4 is 5.32 Å². The number of nitrogens with one attached hydrogen (secondary N) is 1. The summed E-state index contributed by atoms with van der Waals surface area (Å²) in [6.45, 7) is 6.31. The van der Waals surface area contributed by atoms with E-state index < -0.39 is 5.97 Å². The Morgan fingerprint density at radius 3 is 2.79 bits per heavy atom. The zero-order valence-electron chi connectivity index (χ0n) is 11.8. The predicted molar refractivity (Wildman–Crippen MR) is 75.5 cm³/mol. The summed E-state index contributed by atoms with van der Waals surface area (Å²) >= 11 is 0. The van der Waals surface area contributed by atoms with E-state index in [4.69, 9.17) is 0 Å². The van der Waals surface area contributed by atoms with Crippen LogP contribution >= 0.6 is 0 Å². The fourth-order valence-electron chi connectivity index (χ4n) is 2.99. The smallest absolute Gasteiger partial charge is 0.339 e. The molecule has 1 fully saturated rings. The maximum atomic E-state index is 11.3. The standard InChI is InChI=1S/C15H22N2O2/c1-9-4-5-12(11(3)8-9)17-14-13(15(18)19)10(2)6-7-16-14/h6-7,9,11-12H,4-5,8H2,1-3H3,(H,16,17)(H,18,19). The Hall–Kier alpha value is -1.58. The molecule has 1 aromatic rings. The first-order valence-electron chi connectivity index (χ1n) is 6.94. The van der Waals surface area contributed by atoms with Gasteiger partial charge in [0.2, 0.25) is 0 Å². The third kappa shape index (κ3) is 3.06. The van der Waals surface area contributed by atoms with Gasteiger partial charge in [-0.25, -0.2) is 9.78 Å². The molecule has 3 atom stereocenters. The van der Waals surface area contributed by atoms with E-state index >= 15 is 0 Å². The minimum atomic E-state index is -0.912. The van der Waals surface area contributed by atoms with Crippen molar-refractivity contribution >= 4 is 11.8 Å². The summed E-state index contributed by atoms with van der Waals surface area (Å²) in [7, 11) is 0. The van der Waals surface area contributed by atoms with Crippen molar-refractivity contribution in [3.8, 4) is 0 Å². The number of carboxylic acid groups (broad SMARTS) is 1. The van der Waals surface area contributed by atoms with Crippen LogP contribution in [0.15, 0.2) is 12.3 Å². The highest BCUT2D eigenvalue weighted by molar-refractivity contribution is 5.94. The molecule has 0 radical (unpaired) electrons. The Balaban J connectivity index is 2.19. The maximum Gasteiger partial charge on any atom is 0.339 e. The van der Waals surface area contributed by atoms with Crippen LogP contribution in [0.3, 0.4) is 0 Å². The molecule has 104 valence electrons. The van der Waals surface area contributed by atoms with Gasteiger partial charge in [-0.3, -0.25) is 0 Å². The topological polar surface area (TPSA) is 62.2 Å². The van der Waals surface area contributed by atoms with Gasteiger partial charge in [0.1, 0.15) is 11.4 Å². The van der Waals surface area contributed by atoms with Gasteiger partial charge in [-0.05, 0) is 49.7 Å². The third-order valence-corrected chi connectivity index (χ3v) is 4.13. The minimum Gasteiger partial charge on any atom is -0.478 e. The largest absolute Gasteiger partial charge is 0.478 e. The molecule has 4 heteroatoms. The lowest BCUT2D eigenvalue weighted by molar-refractivity contribution is 0.0696. The molecule has 1 saturated carbocycles. The minimum absolute atomic E-state index is 0.299. The van der Waals surface area contributed by atoms with Gasteiger partial charge in [0.15, 0.2) is 0 Å². The van der Waals surface area contributed by atoms with Crippen molar-refractivity contribution in [2.24, 2.45) is 11.8 Å². The van der Waals surface area contributed by atoms with Crippen molar-refractivity contribution in [3.05, 3.63) is 23.4 Å². The van der Waals surface area contributed by atoms with Gasteiger partial charge in [-0.1, -0.05) is 13.8 Å². The first-order valence-corrected chi connectivity index (χ1v) is 6.94. The van der Waals surface area contributed by atoms with Gasteiger partial charge in [-0.2, -0.15) is 0 Å². The second-order valence-electron chi connectivity index (χ2n) is 5.80. The summed E-state index contributed by atoms with van der Waals surface area (Å²) < 4.78 is 0. The third-order valence-electron chi connectivity index (χ3n) is 4.13. The molecule has 1 aliphatic carbocycles. The summed E-state index contributed by atoms with van der Waals surface area (Å²) in [5.74, 6) is 0.911. The monoisotopic (exact) mass is 262 g/mol. The normalized spacial score (nSPS) is 27.0. The molecule has 0 saturated heterocycles. The van der Waals surface area contributed by atoms with Crippen LogP contribution in [0.2, 0.25) is 0 Å². The van der Waals surface area contributed by atoms with E-state index in [1.54, 1.807) is 12.3 Å². The first-order chi connectivity index (χ1) is 8.99. The van der Waals surface area contributed by atoms with Gasteiger partial charge < -0.3 is 10.4 Å². The van der Waals surface area contributed by atoms with E-state index in [0.717, 1.165) is 17.9 Å². The van der Waals surface area contributed by atoms with Gasteiger partial charge in [-0.15, -0.1) is 0 Å². The van der Waals surface area contributed by atoms with Crippen LogP contribution in [0.1, 0.15) is 49.0 Å². The fourth-order valence-corrected chi connectivity index (χ4v) is 2.99. The van der Waals surface area contributed by atoms with Gasteiger partial charge in [0.05, 0.1) is 0 Å². The average Bonchev–Trinajstić information content (AvgIpc) is 2.32. The van der Waals surface area contributed by atoms with E-state index in [9.17, 15) is 9.90 Å². The molecule has 4 nitrogen and oxygen atoms in total. The molecular formula is C15H22N2O2. The summed E-state index contributed by atoms with van der Waals surface area (Å²) in [4.78, 5) is 15.6. The maximum absolute atomic E-state index is 11.3. The van der Waals surface area contributed by atoms with Crippen LogP contribution in [-0.4, -0.2) is 22.1 Å². The number of hydrogen-bond donors (Lipinski definition) is 2. The van der Waals surface area contributed by atoms with E-state index in [-0.39, 0.29) is 0 Å². The van der Waals surface area contributed by atoms with E-state index in [0.29, 0.717) is 23.3 Å². The van der Waals surface area contributed by atoms with Crippen molar-refractivity contribution in [1.29, 1.82) is 0 Å². The number of aryl methyl sites for hydroxylation is 1. The molecule has 19 heavy (non-hydrogen) atoms. The number of carbonyl (C=O) groups is 1. The highest BCUT2D eigenvalue weighted by Gasteiger charge is 2.27. The summed E-state index contributed by atoms with van der Waals surface area (Å²) in [5.41, 5.74) is 1.05. The van der Waals surface area contributed by atoms with Crippen LogP contribution in [0.5, 0.6) is 0 Å². The van der Waals surface area contributed by atoms with E-state index in [1.165, 1.54) is 12.8 Å². The van der Waals surface area contributed by atoms with Crippen LogP contribution in [0, 0.1) is 18.8 Å². The molecule has 2 N–H and O–H groups in total. The van der Waals surface area contributed by atoms with Crippen molar-refractivity contribution in [2.75, 3.05) is 5.32 Å². The highest BCUT2D eigenvalue weighted by Crippen LogP contribution is 2.31. The van der Waals surface area contributed by atoms with Gasteiger partial charge in [0, 0.05) is 12.2 Å². The molecular weight excluding hydrogens is 240 g/mol. The van der Waals surface area contributed by atoms with Crippen molar-refractivity contribution < 1.29 is 9.90 Å². The van der Waals surface area contributed by atoms with Crippen molar-refractivity contribution in [2.45, 2.75) is 46.1 Å². The number of nitrogens with zero attached hydrogens (tertiary/aromatic N) is 1. The molecule has 3 unspecified atom stereocenters. The molecule has 2 rings (SSSR count). The molecule has 0 aliphatic heterocycles. The van der Waals surface area contributed by atoms with E-state index in [1.807, 2.05) is 6.92 Å². The number of carboxylic acids is 1. The lowest BCUT2D eigenvalue weighted by Gasteiger charge is -2.33. The first kappa shape index (κ1) is 13.8. The van der Waals surface area contributed by atoms with Crippen molar-refractivity contribution in [1.82, 2.24) is 4.98 Å². The Labute approximate surface area is 114 Å². The van der Waals surface area contributed by atoms with Crippen LogP contribution in [-0.2, 0) is 0 Å². The molecule has 0 amide bonds. The van der Waals surface area contributed by atoms with E-state index in [2.05, 4.69) is 24.1 Å². The summed E-state index contributed by atoms with van der Waals surface area (Å²) in [6, 6.07) is 2.06. The average molecular weight is 262 g/mol. The molecule has 1 heterocycles. The zero-order chi connectivity index (χ0) is 14.0. The second kappa shape index (κ2) is 5.59. The van der Waals surface area contributed by atoms with Crippen LogP contribution in [0.4, 0.5) is 5.82 Å². The molecule has 1 aliphatic rings. The number of hydrogen-bond acceptors (Lipinski definition) is 3. The lowest BCUT2D eigenvalue weighted by Crippen LogP contribution is -2.34. The Bertz CT molecular complexity index is 473. The Morgan fingerprint density at radius 1 is 1.42 bits per heavy atom. The second-order valence-corrected chi connectivity index (χ2v) is 5.80. The summed E-state index contributed by atoms with van der Waals surface area (Å²) in [6.07, 6.45) is 5.12. The van der Waals surface area contributed by atoms with Gasteiger partial charge in [0.25, 0.3) is 0 Å². The predicted octanol–water partition coefficient (Wildman–Crippen LogP) is 3.32. The Kier molecular flexibility index (Phi) is 4.08. The number of aromatic nitrogens is 1. The van der Waals surface area contributed by atoms with Gasteiger partial charge >= 0.3 is 5.97 Å².